The molecule has 2 N–H and O–H groups in total. The van der Waals surface area contributed by atoms with E-state index in [1.807, 2.05) is 6.07 Å². The maximum absolute atomic E-state index is 5.70. The Hall–Kier alpha value is -1.45. The number of hydrogen-bond acceptors (Lipinski definition) is 4. The van der Waals surface area contributed by atoms with Crippen LogP contribution in [0.4, 0.5) is 11.5 Å². The molecule has 0 radical (unpaired) electrons. The van der Waals surface area contributed by atoms with Gasteiger partial charge in [0.15, 0.2) is 0 Å². The van der Waals surface area contributed by atoms with Crippen molar-refractivity contribution < 1.29 is 4.74 Å². The highest BCUT2D eigenvalue weighted by Crippen LogP contribution is 2.23. The van der Waals surface area contributed by atoms with E-state index in [1.54, 1.807) is 13.2 Å². The molecule has 0 aliphatic carbocycles. The molecular formula is C9H13N3O. The van der Waals surface area contributed by atoms with Gasteiger partial charge in [0.25, 0.3) is 0 Å². The summed E-state index contributed by atoms with van der Waals surface area (Å²) in [4.78, 5) is 6.48. The van der Waals surface area contributed by atoms with Gasteiger partial charge in [-0.3, -0.25) is 0 Å². The third-order valence-electron chi connectivity index (χ3n) is 2.20. The minimum Gasteiger partial charge on any atom is -0.481 e. The van der Waals surface area contributed by atoms with Crippen LogP contribution in [0.2, 0.25) is 0 Å². The molecule has 4 heteroatoms. The molecule has 1 aromatic heterocycles. The number of hydrogen-bond donors (Lipinski definition) is 1. The summed E-state index contributed by atoms with van der Waals surface area (Å²) in [6.45, 7) is 2.14. The third kappa shape index (κ3) is 1.52. The molecule has 70 valence electrons. The van der Waals surface area contributed by atoms with E-state index in [0.29, 0.717) is 11.6 Å². The Kier molecular flexibility index (Phi) is 1.96. The fourth-order valence-corrected chi connectivity index (χ4v) is 1.32. The zero-order chi connectivity index (χ0) is 9.26. The van der Waals surface area contributed by atoms with Crippen LogP contribution in [0.3, 0.4) is 0 Å². The van der Waals surface area contributed by atoms with Gasteiger partial charge in [0.1, 0.15) is 5.82 Å². The molecule has 0 aromatic carbocycles. The average Bonchev–Trinajstić information content (AvgIpc) is 2.00. The zero-order valence-electron chi connectivity index (χ0n) is 7.66. The van der Waals surface area contributed by atoms with E-state index in [-0.39, 0.29) is 0 Å². The maximum atomic E-state index is 5.70. The Labute approximate surface area is 77.3 Å². The van der Waals surface area contributed by atoms with Crippen LogP contribution in [-0.2, 0) is 0 Å². The van der Waals surface area contributed by atoms with E-state index in [0.717, 1.165) is 18.9 Å². The first-order valence-corrected chi connectivity index (χ1v) is 4.36. The summed E-state index contributed by atoms with van der Waals surface area (Å²) >= 11 is 0. The van der Waals surface area contributed by atoms with Crippen molar-refractivity contribution in [3.05, 3.63) is 12.1 Å². The number of nitrogens with zero attached hydrogens (tertiary/aromatic N) is 2. The van der Waals surface area contributed by atoms with Crippen molar-refractivity contribution in [3.8, 4) is 5.88 Å². The van der Waals surface area contributed by atoms with Crippen molar-refractivity contribution >= 4 is 11.5 Å². The van der Waals surface area contributed by atoms with Crippen molar-refractivity contribution in [2.75, 3.05) is 30.8 Å². The molecule has 1 aliphatic heterocycles. The van der Waals surface area contributed by atoms with Gasteiger partial charge in [0.05, 0.1) is 7.11 Å². The topological polar surface area (TPSA) is 51.4 Å². The summed E-state index contributed by atoms with van der Waals surface area (Å²) in [7, 11) is 1.60. The molecule has 0 bridgehead atoms. The largest absolute Gasteiger partial charge is 0.481 e. The third-order valence-corrected chi connectivity index (χ3v) is 2.20. The monoisotopic (exact) mass is 179 g/mol. The number of aromatic nitrogens is 1. The number of methoxy groups -OCH3 is 1. The molecule has 0 unspecified atom stereocenters. The number of pyridine rings is 1. The summed E-state index contributed by atoms with van der Waals surface area (Å²) in [5, 5.41) is 0. The van der Waals surface area contributed by atoms with Gasteiger partial charge >= 0.3 is 0 Å². The lowest BCUT2D eigenvalue weighted by atomic mass is 10.2. The summed E-state index contributed by atoms with van der Waals surface area (Å²) in [6.07, 6.45) is 1.23. The van der Waals surface area contributed by atoms with Crippen molar-refractivity contribution in [2.24, 2.45) is 0 Å². The SMILES string of the molecule is COc1cc(N)cc(N2CCC2)n1. The molecule has 2 rings (SSSR count). The summed E-state index contributed by atoms with van der Waals surface area (Å²) in [6, 6.07) is 3.60. The predicted octanol–water partition coefficient (Wildman–Crippen LogP) is 0.882. The fraction of sp³-hybridized carbons (Fsp3) is 0.444. The predicted molar refractivity (Wildman–Crippen MR) is 52.0 cm³/mol. The maximum Gasteiger partial charge on any atom is 0.216 e. The smallest absolute Gasteiger partial charge is 0.216 e. The van der Waals surface area contributed by atoms with E-state index in [1.165, 1.54) is 6.42 Å². The van der Waals surface area contributed by atoms with Gasteiger partial charge in [0, 0.05) is 30.9 Å². The lowest BCUT2D eigenvalue weighted by Crippen LogP contribution is -2.37. The van der Waals surface area contributed by atoms with E-state index < -0.39 is 0 Å². The highest BCUT2D eigenvalue weighted by Gasteiger charge is 2.16. The Bertz CT molecular complexity index is 310. The number of rotatable bonds is 2. The summed E-state index contributed by atoms with van der Waals surface area (Å²) in [5.74, 6) is 1.50. The Balaban J connectivity index is 2.28. The summed E-state index contributed by atoms with van der Waals surface area (Å²) in [5.41, 5.74) is 6.41. The highest BCUT2D eigenvalue weighted by atomic mass is 16.5. The molecule has 13 heavy (non-hydrogen) atoms. The van der Waals surface area contributed by atoms with Crippen LogP contribution in [0.5, 0.6) is 5.88 Å². The van der Waals surface area contributed by atoms with E-state index in [2.05, 4.69) is 9.88 Å². The minimum absolute atomic E-state index is 0.585. The number of nitrogen functional groups attached to an aromatic ring is 1. The molecule has 1 fully saturated rings. The molecule has 4 nitrogen and oxygen atoms in total. The van der Waals surface area contributed by atoms with E-state index in [9.17, 15) is 0 Å². The Morgan fingerprint density at radius 3 is 2.77 bits per heavy atom. The standard InChI is InChI=1S/C9H13N3O/c1-13-9-6-7(10)5-8(11-9)12-3-2-4-12/h5-6H,2-4H2,1H3,(H2,10,11). The van der Waals surface area contributed by atoms with Gasteiger partial charge in [-0.25, -0.2) is 0 Å². The van der Waals surface area contributed by atoms with Gasteiger partial charge in [0.2, 0.25) is 5.88 Å². The van der Waals surface area contributed by atoms with E-state index in [4.69, 9.17) is 10.5 Å². The molecule has 0 atom stereocenters. The first-order chi connectivity index (χ1) is 6.29. The number of ether oxygens (including phenoxy) is 1. The second kappa shape index (κ2) is 3.12. The lowest BCUT2D eigenvalue weighted by molar-refractivity contribution is 0.397. The normalized spacial score (nSPS) is 15.3. The van der Waals surface area contributed by atoms with Crippen LogP contribution >= 0.6 is 0 Å². The molecular weight excluding hydrogens is 166 g/mol. The van der Waals surface area contributed by atoms with Crippen molar-refractivity contribution in [1.82, 2.24) is 4.98 Å². The van der Waals surface area contributed by atoms with Crippen LogP contribution < -0.4 is 15.4 Å². The first-order valence-electron chi connectivity index (χ1n) is 4.36. The van der Waals surface area contributed by atoms with Gasteiger partial charge in [-0.15, -0.1) is 0 Å². The molecule has 2 heterocycles. The fourth-order valence-electron chi connectivity index (χ4n) is 1.32. The molecule has 0 amide bonds. The number of nitrogens with two attached hydrogens (primary N) is 1. The van der Waals surface area contributed by atoms with Crippen molar-refractivity contribution in [2.45, 2.75) is 6.42 Å². The molecule has 1 aromatic rings. The Morgan fingerprint density at radius 1 is 1.46 bits per heavy atom. The van der Waals surface area contributed by atoms with Gasteiger partial charge < -0.3 is 15.4 Å². The number of anilines is 2. The molecule has 1 aliphatic rings. The quantitative estimate of drug-likeness (QED) is 0.732. The van der Waals surface area contributed by atoms with E-state index >= 15 is 0 Å². The molecule has 0 spiro atoms. The van der Waals surface area contributed by atoms with Gasteiger partial charge in [-0.05, 0) is 6.42 Å². The van der Waals surface area contributed by atoms with Crippen molar-refractivity contribution in [1.29, 1.82) is 0 Å². The molecule has 1 saturated heterocycles. The van der Waals surface area contributed by atoms with Crippen LogP contribution in [0.15, 0.2) is 12.1 Å². The summed E-state index contributed by atoms with van der Waals surface area (Å²) < 4.78 is 5.04. The van der Waals surface area contributed by atoms with Crippen molar-refractivity contribution in [3.63, 3.8) is 0 Å². The van der Waals surface area contributed by atoms with Crippen LogP contribution in [-0.4, -0.2) is 25.2 Å². The second-order valence-corrected chi connectivity index (χ2v) is 3.14. The first kappa shape index (κ1) is 8.16. The zero-order valence-corrected chi connectivity index (χ0v) is 7.66. The van der Waals surface area contributed by atoms with Gasteiger partial charge in [-0.2, -0.15) is 4.98 Å². The Morgan fingerprint density at radius 2 is 2.23 bits per heavy atom. The van der Waals surface area contributed by atoms with Crippen LogP contribution in [0.1, 0.15) is 6.42 Å². The average molecular weight is 179 g/mol. The second-order valence-electron chi connectivity index (χ2n) is 3.14. The van der Waals surface area contributed by atoms with Crippen LogP contribution in [0.25, 0.3) is 0 Å². The minimum atomic E-state index is 0.585. The highest BCUT2D eigenvalue weighted by molar-refractivity contribution is 5.54. The lowest BCUT2D eigenvalue weighted by Gasteiger charge is -2.32. The van der Waals surface area contributed by atoms with Gasteiger partial charge in [-0.1, -0.05) is 0 Å². The van der Waals surface area contributed by atoms with Crippen LogP contribution in [0, 0.1) is 0 Å². The molecule has 0 saturated carbocycles.